The molecule has 3 rings (SSSR count). The summed E-state index contributed by atoms with van der Waals surface area (Å²) in [5.41, 5.74) is 0. The fourth-order valence-electron chi connectivity index (χ4n) is 2.87. The lowest BCUT2D eigenvalue weighted by atomic mass is 9.85. The summed E-state index contributed by atoms with van der Waals surface area (Å²) in [4.78, 5) is 0. The molecule has 21 heavy (non-hydrogen) atoms. The maximum Gasteiger partial charge on any atom is 0.128 e. The topological polar surface area (TPSA) is 30.5 Å². The number of benzene rings is 2. The van der Waals surface area contributed by atoms with Crippen molar-refractivity contribution in [2.75, 3.05) is 13.7 Å². The van der Waals surface area contributed by atoms with Gasteiger partial charge in [-0.3, -0.25) is 0 Å². The molecule has 3 atom stereocenters. The van der Waals surface area contributed by atoms with E-state index in [0.717, 1.165) is 25.2 Å². The van der Waals surface area contributed by atoms with Gasteiger partial charge >= 0.3 is 0 Å². The minimum Gasteiger partial charge on any atom is -0.488 e. The van der Waals surface area contributed by atoms with Crippen molar-refractivity contribution < 1.29 is 9.47 Å². The van der Waals surface area contributed by atoms with Gasteiger partial charge in [0, 0.05) is 19.1 Å². The van der Waals surface area contributed by atoms with Gasteiger partial charge in [0.15, 0.2) is 0 Å². The number of fused-ring (bicyclic) bond motifs is 1. The van der Waals surface area contributed by atoms with Gasteiger partial charge in [0.05, 0.1) is 0 Å². The minimum atomic E-state index is 0.148. The molecule has 1 aliphatic rings. The molecule has 3 heteroatoms. The SMILES string of the molecule is CCCOC1C(NC)CC1Oc1ccc2ccccc2c1. The standard InChI is InChI=1S/C18H23NO2/c1-3-10-20-18-16(19-2)12-17(18)21-15-9-8-13-6-4-5-7-14(13)11-15/h4-9,11,16-19H,3,10,12H2,1-2H3. The summed E-state index contributed by atoms with van der Waals surface area (Å²) in [6, 6.07) is 15.0. The number of nitrogens with one attached hydrogen (secondary N) is 1. The lowest BCUT2D eigenvalue weighted by molar-refractivity contribution is -0.106. The Bertz CT molecular complexity index is 599. The molecule has 0 aliphatic heterocycles. The molecule has 1 aliphatic carbocycles. The summed E-state index contributed by atoms with van der Waals surface area (Å²) in [5, 5.41) is 5.76. The van der Waals surface area contributed by atoms with E-state index in [1.54, 1.807) is 0 Å². The first kappa shape index (κ1) is 14.4. The van der Waals surface area contributed by atoms with Crippen molar-refractivity contribution in [3.63, 3.8) is 0 Å². The van der Waals surface area contributed by atoms with Crippen LogP contribution in [-0.4, -0.2) is 31.9 Å². The Balaban J connectivity index is 1.69. The normalized spacial score (nSPS) is 24.8. The van der Waals surface area contributed by atoms with Crippen LogP contribution in [0.2, 0.25) is 0 Å². The van der Waals surface area contributed by atoms with E-state index in [1.165, 1.54) is 10.8 Å². The molecule has 3 unspecified atom stereocenters. The van der Waals surface area contributed by atoms with Crippen LogP contribution in [0.5, 0.6) is 5.75 Å². The predicted octanol–water partition coefficient (Wildman–Crippen LogP) is 3.37. The van der Waals surface area contributed by atoms with Crippen molar-refractivity contribution in [3.05, 3.63) is 42.5 Å². The Kier molecular flexibility index (Phi) is 4.42. The van der Waals surface area contributed by atoms with Crippen LogP contribution < -0.4 is 10.1 Å². The van der Waals surface area contributed by atoms with Crippen LogP contribution in [0.25, 0.3) is 10.8 Å². The van der Waals surface area contributed by atoms with E-state index in [1.807, 2.05) is 13.1 Å². The third-order valence-corrected chi connectivity index (χ3v) is 4.14. The molecule has 0 bridgehead atoms. The Morgan fingerprint density at radius 2 is 1.95 bits per heavy atom. The van der Waals surface area contributed by atoms with E-state index in [-0.39, 0.29) is 12.2 Å². The second-order valence-corrected chi connectivity index (χ2v) is 5.63. The Labute approximate surface area is 126 Å². The van der Waals surface area contributed by atoms with Gasteiger partial charge in [-0.05, 0) is 36.4 Å². The Hall–Kier alpha value is -1.58. The summed E-state index contributed by atoms with van der Waals surface area (Å²) in [6.45, 7) is 2.92. The van der Waals surface area contributed by atoms with Crippen LogP contribution in [0.3, 0.4) is 0 Å². The van der Waals surface area contributed by atoms with Gasteiger partial charge in [0.25, 0.3) is 0 Å². The molecule has 1 fully saturated rings. The molecule has 0 heterocycles. The van der Waals surface area contributed by atoms with Gasteiger partial charge in [0.2, 0.25) is 0 Å². The van der Waals surface area contributed by atoms with Crippen molar-refractivity contribution in [2.45, 2.75) is 38.0 Å². The highest BCUT2D eigenvalue weighted by molar-refractivity contribution is 5.83. The zero-order chi connectivity index (χ0) is 14.7. The quantitative estimate of drug-likeness (QED) is 0.882. The first-order valence-electron chi connectivity index (χ1n) is 7.76. The van der Waals surface area contributed by atoms with Gasteiger partial charge in [-0.2, -0.15) is 0 Å². The van der Waals surface area contributed by atoms with Crippen LogP contribution >= 0.6 is 0 Å². The first-order valence-corrected chi connectivity index (χ1v) is 7.76. The van der Waals surface area contributed by atoms with E-state index in [9.17, 15) is 0 Å². The highest BCUT2D eigenvalue weighted by Gasteiger charge is 2.42. The molecule has 1 N–H and O–H groups in total. The van der Waals surface area contributed by atoms with Gasteiger partial charge in [-0.15, -0.1) is 0 Å². The maximum atomic E-state index is 6.14. The fraction of sp³-hybridized carbons (Fsp3) is 0.444. The van der Waals surface area contributed by atoms with E-state index >= 15 is 0 Å². The third-order valence-electron chi connectivity index (χ3n) is 4.14. The van der Waals surface area contributed by atoms with Gasteiger partial charge in [-0.1, -0.05) is 37.3 Å². The summed E-state index contributed by atoms with van der Waals surface area (Å²) in [5.74, 6) is 0.929. The molecule has 1 saturated carbocycles. The third kappa shape index (κ3) is 3.04. The van der Waals surface area contributed by atoms with E-state index in [4.69, 9.17) is 9.47 Å². The lowest BCUT2D eigenvalue weighted by Gasteiger charge is -2.43. The van der Waals surface area contributed by atoms with Gasteiger partial charge < -0.3 is 14.8 Å². The molecule has 2 aromatic carbocycles. The lowest BCUT2D eigenvalue weighted by Crippen LogP contribution is -2.60. The van der Waals surface area contributed by atoms with E-state index < -0.39 is 0 Å². The summed E-state index contributed by atoms with van der Waals surface area (Å²) >= 11 is 0. The summed E-state index contributed by atoms with van der Waals surface area (Å²) in [6.07, 6.45) is 2.34. The molecule has 0 radical (unpaired) electrons. The molecular formula is C18H23NO2. The van der Waals surface area contributed by atoms with Crippen molar-refractivity contribution in [3.8, 4) is 5.75 Å². The Morgan fingerprint density at radius 3 is 2.71 bits per heavy atom. The molecule has 112 valence electrons. The Morgan fingerprint density at radius 1 is 1.14 bits per heavy atom. The second kappa shape index (κ2) is 6.46. The zero-order valence-corrected chi connectivity index (χ0v) is 12.7. The second-order valence-electron chi connectivity index (χ2n) is 5.63. The number of ether oxygens (including phenoxy) is 2. The molecular weight excluding hydrogens is 262 g/mol. The van der Waals surface area contributed by atoms with Crippen molar-refractivity contribution in [2.24, 2.45) is 0 Å². The molecule has 2 aromatic rings. The largest absolute Gasteiger partial charge is 0.488 e. The number of rotatable bonds is 6. The minimum absolute atomic E-state index is 0.148. The van der Waals surface area contributed by atoms with Crippen LogP contribution in [0.1, 0.15) is 19.8 Å². The van der Waals surface area contributed by atoms with E-state index in [2.05, 4.69) is 48.6 Å². The number of hydrogen-bond donors (Lipinski definition) is 1. The predicted molar refractivity (Wildman–Crippen MR) is 85.9 cm³/mol. The number of hydrogen-bond acceptors (Lipinski definition) is 3. The van der Waals surface area contributed by atoms with Crippen LogP contribution in [0, 0.1) is 0 Å². The van der Waals surface area contributed by atoms with Crippen molar-refractivity contribution >= 4 is 10.8 Å². The zero-order valence-electron chi connectivity index (χ0n) is 12.7. The monoisotopic (exact) mass is 285 g/mol. The van der Waals surface area contributed by atoms with Crippen LogP contribution in [0.15, 0.2) is 42.5 Å². The van der Waals surface area contributed by atoms with E-state index in [0.29, 0.717) is 6.04 Å². The van der Waals surface area contributed by atoms with Crippen LogP contribution in [-0.2, 0) is 4.74 Å². The summed E-state index contributed by atoms with van der Waals surface area (Å²) in [7, 11) is 1.99. The molecule has 3 nitrogen and oxygen atoms in total. The highest BCUT2D eigenvalue weighted by atomic mass is 16.5. The van der Waals surface area contributed by atoms with Gasteiger partial charge in [-0.25, -0.2) is 0 Å². The van der Waals surface area contributed by atoms with Crippen molar-refractivity contribution in [1.29, 1.82) is 0 Å². The smallest absolute Gasteiger partial charge is 0.128 e. The first-order chi connectivity index (χ1) is 10.3. The average Bonchev–Trinajstić information content (AvgIpc) is 2.51. The van der Waals surface area contributed by atoms with Crippen molar-refractivity contribution in [1.82, 2.24) is 5.32 Å². The molecule has 0 spiro atoms. The summed E-state index contributed by atoms with van der Waals surface area (Å²) < 4.78 is 12.1. The van der Waals surface area contributed by atoms with Gasteiger partial charge in [0.1, 0.15) is 18.0 Å². The number of likely N-dealkylation sites (N-methyl/N-ethyl adjacent to an activating group) is 1. The fourth-order valence-corrected chi connectivity index (χ4v) is 2.87. The maximum absolute atomic E-state index is 6.14. The average molecular weight is 285 g/mol. The van der Waals surface area contributed by atoms with Crippen LogP contribution in [0.4, 0.5) is 0 Å². The molecule has 0 amide bonds. The molecule has 0 aromatic heterocycles. The highest BCUT2D eigenvalue weighted by Crippen LogP contribution is 2.30. The molecule has 0 saturated heterocycles.